The molecule has 1 saturated carbocycles. The Morgan fingerprint density at radius 1 is 1.27 bits per heavy atom. The molecule has 0 spiro atoms. The fourth-order valence-corrected chi connectivity index (χ4v) is 2.70. The van der Waals surface area contributed by atoms with Gasteiger partial charge in [-0.15, -0.1) is 0 Å². The maximum Gasteiger partial charge on any atom is 0.344 e. The second kappa shape index (κ2) is 6.36. The Morgan fingerprint density at radius 2 is 2.00 bits per heavy atom. The smallest absolute Gasteiger partial charge is 0.344 e. The first-order valence-corrected chi connectivity index (χ1v) is 7.63. The van der Waals surface area contributed by atoms with Crippen molar-refractivity contribution in [3.63, 3.8) is 0 Å². The minimum atomic E-state index is -0.926. The minimum absolute atomic E-state index is 0.306. The van der Waals surface area contributed by atoms with Gasteiger partial charge in [-0.25, -0.2) is 14.7 Å². The first-order valence-electron chi connectivity index (χ1n) is 7.63. The number of benzene rings is 1. The molecule has 1 N–H and O–H groups in total. The Kier molecular flexibility index (Phi) is 4.29. The normalized spacial score (nSPS) is 19.5. The quantitative estimate of drug-likeness (QED) is 0.837. The number of carbonyl (C=O) groups is 2. The second-order valence-electron chi connectivity index (χ2n) is 5.87. The summed E-state index contributed by atoms with van der Waals surface area (Å²) < 4.78 is 0. The van der Waals surface area contributed by atoms with Crippen molar-refractivity contribution in [2.24, 2.45) is 5.92 Å². The Morgan fingerprint density at radius 3 is 2.64 bits per heavy atom. The van der Waals surface area contributed by atoms with E-state index >= 15 is 0 Å². The second-order valence-corrected chi connectivity index (χ2v) is 5.87. The van der Waals surface area contributed by atoms with Gasteiger partial charge in [-0.3, -0.25) is 4.84 Å². The van der Waals surface area contributed by atoms with Crippen molar-refractivity contribution in [2.75, 3.05) is 13.1 Å². The van der Waals surface area contributed by atoms with Gasteiger partial charge in [0.25, 0.3) is 0 Å². The topological polar surface area (TPSA) is 70.1 Å². The standard InChI is InChI=1S/C16H20N2O4/c19-15(20)14(10-12-6-7-12)17-8-9-18(16(17)21)22-11-13-4-2-1-3-5-13/h1-5,12,14H,6-11H2,(H,19,20). The number of nitrogens with zero attached hydrogens (tertiary/aromatic N) is 2. The number of urea groups is 1. The van der Waals surface area contributed by atoms with Gasteiger partial charge in [0.1, 0.15) is 12.6 Å². The summed E-state index contributed by atoms with van der Waals surface area (Å²) in [6.45, 7) is 1.11. The van der Waals surface area contributed by atoms with Crippen molar-refractivity contribution >= 4 is 12.0 Å². The predicted octanol–water partition coefficient (Wildman–Crippen LogP) is 2.11. The molecule has 118 valence electrons. The fourth-order valence-electron chi connectivity index (χ4n) is 2.70. The van der Waals surface area contributed by atoms with Crippen molar-refractivity contribution in [3.05, 3.63) is 35.9 Å². The molecule has 1 unspecified atom stereocenters. The van der Waals surface area contributed by atoms with E-state index < -0.39 is 12.0 Å². The van der Waals surface area contributed by atoms with Gasteiger partial charge in [0.2, 0.25) is 0 Å². The zero-order valence-electron chi connectivity index (χ0n) is 12.4. The van der Waals surface area contributed by atoms with Gasteiger partial charge in [-0.2, -0.15) is 0 Å². The largest absolute Gasteiger partial charge is 0.480 e. The Hall–Kier alpha value is -2.08. The molecule has 6 nitrogen and oxygen atoms in total. The van der Waals surface area contributed by atoms with Crippen LogP contribution in [0.15, 0.2) is 30.3 Å². The van der Waals surface area contributed by atoms with Crippen LogP contribution in [0.2, 0.25) is 0 Å². The SMILES string of the molecule is O=C(O)C(CC1CC1)N1CCN(OCc2ccccc2)C1=O. The van der Waals surface area contributed by atoms with Gasteiger partial charge in [0.15, 0.2) is 0 Å². The lowest BCUT2D eigenvalue weighted by Crippen LogP contribution is -2.44. The molecule has 3 rings (SSSR count). The third-order valence-corrected chi connectivity index (χ3v) is 4.15. The monoisotopic (exact) mass is 304 g/mol. The van der Waals surface area contributed by atoms with E-state index in [2.05, 4.69) is 0 Å². The number of amides is 2. The molecule has 2 amide bonds. The van der Waals surface area contributed by atoms with Crippen molar-refractivity contribution in [3.8, 4) is 0 Å². The molecule has 0 radical (unpaired) electrons. The number of hydroxylamine groups is 2. The van der Waals surface area contributed by atoms with Gasteiger partial charge < -0.3 is 10.0 Å². The van der Waals surface area contributed by atoms with E-state index in [9.17, 15) is 14.7 Å². The molecule has 1 heterocycles. The van der Waals surface area contributed by atoms with Crippen LogP contribution >= 0.6 is 0 Å². The summed E-state index contributed by atoms with van der Waals surface area (Å²) in [5.74, 6) is -0.474. The Labute approximate surface area is 129 Å². The molecule has 22 heavy (non-hydrogen) atoms. The van der Waals surface area contributed by atoms with Crippen LogP contribution in [0.25, 0.3) is 0 Å². The maximum atomic E-state index is 12.3. The summed E-state index contributed by atoms with van der Waals surface area (Å²) in [4.78, 5) is 30.7. The van der Waals surface area contributed by atoms with Crippen LogP contribution < -0.4 is 0 Å². The molecule has 1 aromatic rings. The van der Waals surface area contributed by atoms with Crippen molar-refractivity contribution in [1.82, 2.24) is 9.96 Å². The highest BCUT2D eigenvalue weighted by molar-refractivity contribution is 5.83. The number of hydrogen-bond acceptors (Lipinski definition) is 3. The zero-order valence-corrected chi connectivity index (χ0v) is 12.4. The van der Waals surface area contributed by atoms with Crippen molar-refractivity contribution in [1.29, 1.82) is 0 Å². The van der Waals surface area contributed by atoms with Crippen molar-refractivity contribution in [2.45, 2.75) is 31.9 Å². The summed E-state index contributed by atoms with van der Waals surface area (Å²) in [6, 6.07) is 8.51. The Balaban J connectivity index is 1.57. The van der Waals surface area contributed by atoms with E-state index in [1.54, 1.807) is 0 Å². The van der Waals surface area contributed by atoms with E-state index in [1.165, 1.54) is 9.96 Å². The molecular weight excluding hydrogens is 284 g/mol. The van der Waals surface area contributed by atoms with E-state index in [0.29, 0.717) is 32.0 Å². The van der Waals surface area contributed by atoms with Crippen LogP contribution in [-0.2, 0) is 16.2 Å². The van der Waals surface area contributed by atoms with E-state index in [4.69, 9.17) is 4.84 Å². The predicted molar refractivity (Wildman–Crippen MR) is 78.8 cm³/mol. The van der Waals surface area contributed by atoms with Crippen LogP contribution in [0.1, 0.15) is 24.8 Å². The van der Waals surface area contributed by atoms with E-state index in [1.807, 2.05) is 30.3 Å². The van der Waals surface area contributed by atoms with Gasteiger partial charge >= 0.3 is 12.0 Å². The molecule has 1 aliphatic heterocycles. The summed E-state index contributed by atoms with van der Waals surface area (Å²) in [6.07, 6.45) is 2.69. The molecule has 2 fully saturated rings. The number of carboxylic acids is 1. The van der Waals surface area contributed by atoms with E-state index in [-0.39, 0.29) is 6.03 Å². The summed E-state index contributed by atoms with van der Waals surface area (Å²) in [7, 11) is 0. The third-order valence-electron chi connectivity index (χ3n) is 4.15. The highest BCUT2D eigenvalue weighted by Crippen LogP contribution is 2.35. The summed E-state index contributed by atoms with van der Waals surface area (Å²) in [5.41, 5.74) is 0.974. The number of aliphatic carboxylic acids is 1. The highest BCUT2D eigenvalue weighted by atomic mass is 16.7. The summed E-state index contributed by atoms with van der Waals surface area (Å²) in [5, 5.41) is 10.6. The fraction of sp³-hybridized carbons (Fsp3) is 0.500. The average molecular weight is 304 g/mol. The zero-order chi connectivity index (χ0) is 15.5. The molecule has 1 saturated heterocycles. The average Bonchev–Trinajstić information content (AvgIpc) is 3.27. The number of rotatable bonds is 7. The highest BCUT2D eigenvalue weighted by Gasteiger charge is 2.40. The number of hydrogen-bond donors (Lipinski definition) is 1. The molecular formula is C16H20N2O4. The third kappa shape index (κ3) is 3.39. The van der Waals surface area contributed by atoms with Gasteiger partial charge in [0, 0.05) is 6.54 Å². The van der Waals surface area contributed by atoms with Crippen LogP contribution in [-0.4, -0.2) is 46.2 Å². The number of carboxylic acid groups (broad SMARTS) is 1. The van der Waals surface area contributed by atoms with Crippen molar-refractivity contribution < 1.29 is 19.5 Å². The minimum Gasteiger partial charge on any atom is -0.480 e. The molecule has 0 aromatic heterocycles. The summed E-state index contributed by atoms with van der Waals surface area (Å²) >= 11 is 0. The number of carbonyl (C=O) groups excluding carboxylic acids is 1. The lowest BCUT2D eigenvalue weighted by Gasteiger charge is -2.24. The molecule has 2 aliphatic rings. The van der Waals surface area contributed by atoms with E-state index in [0.717, 1.165) is 18.4 Å². The van der Waals surface area contributed by atoms with Crippen LogP contribution in [0.4, 0.5) is 4.79 Å². The maximum absolute atomic E-state index is 12.3. The molecule has 1 atom stereocenters. The first-order chi connectivity index (χ1) is 10.6. The molecule has 1 aromatic carbocycles. The molecule has 6 heteroatoms. The lowest BCUT2D eigenvalue weighted by atomic mass is 10.1. The lowest BCUT2D eigenvalue weighted by molar-refractivity contribution is -0.143. The van der Waals surface area contributed by atoms with Gasteiger partial charge in [-0.05, 0) is 17.9 Å². The molecule has 1 aliphatic carbocycles. The van der Waals surface area contributed by atoms with Crippen LogP contribution in [0, 0.1) is 5.92 Å². The van der Waals surface area contributed by atoms with Gasteiger partial charge in [-0.1, -0.05) is 43.2 Å². The molecule has 0 bridgehead atoms. The van der Waals surface area contributed by atoms with Crippen LogP contribution in [0.3, 0.4) is 0 Å². The van der Waals surface area contributed by atoms with Crippen LogP contribution in [0.5, 0.6) is 0 Å². The first kappa shape index (κ1) is 14.8. The van der Waals surface area contributed by atoms with Gasteiger partial charge in [0.05, 0.1) is 6.54 Å². The Bertz CT molecular complexity index is 544.